The molecular formula is C16H11Br. The van der Waals surface area contributed by atoms with Crippen LogP contribution in [0.15, 0.2) is 71.1 Å². The van der Waals surface area contributed by atoms with E-state index in [0.29, 0.717) is 5.56 Å². The van der Waals surface area contributed by atoms with E-state index in [9.17, 15) is 0 Å². The Kier molecular flexibility index (Phi) is 1.63. The number of rotatable bonds is 1. The first-order valence-electron chi connectivity index (χ1n) is 7.68. The van der Waals surface area contributed by atoms with E-state index in [1.807, 2.05) is 30.3 Å². The molecule has 3 rings (SSSR count). The number of halogens is 1. The van der Waals surface area contributed by atoms with Crippen LogP contribution in [0, 0.1) is 0 Å². The average molecular weight is 288 g/mol. The van der Waals surface area contributed by atoms with E-state index in [4.69, 9.17) is 6.85 Å². The quantitative estimate of drug-likeness (QED) is 0.572. The summed E-state index contributed by atoms with van der Waals surface area (Å²) < 4.78 is 40.5. The highest BCUT2D eigenvalue weighted by Gasteiger charge is 2.05. The largest absolute Gasteiger partial charge is 0.0629 e. The molecule has 0 saturated heterocycles. The van der Waals surface area contributed by atoms with Crippen molar-refractivity contribution < 1.29 is 6.85 Å². The Bertz CT molecular complexity index is 876. The number of hydrogen-bond acceptors (Lipinski definition) is 0. The second kappa shape index (κ2) is 4.34. The SMILES string of the molecule is [2H]c1c([2H])c([2H])c(-c2ccc(Br)c3ccccc23)c([2H])c1[2H]. The second-order valence-electron chi connectivity index (χ2n) is 3.64. The third-order valence-electron chi connectivity index (χ3n) is 2.64. The van der Waals surface area contributed by atoms with Crippen LogP contribution in [0.2, 0.25) is 0 Å². The summed E-state index contributed by atoms with van der Waals surface area (Å²) in [6.45, 7) is 0. The minimum absolute atomic E-state index is 0.182. The molecule has 0 nitrogen and oxygen atoms in total. The van der Waals surface area contributed by atoms with Crippen molar-refractivity contribution in [1.82, 2.24) is 0 Å². The van der Waals surface area contributed by atoms with Crippen LogP contribution in [0.4, 0.5) is 0 Å². The number of hydrogen-bond donors (Lipinski definition) is 0. The molecule has 0 spiro atoms. The van der Waals surface area contributed by atoms with E-state index in [1.165, 1.54) is 0 Å². The molecule has 0 bridgehead atoms. The van der Waals surface area contributed by atoms with Gasteiger partial charge in [-0.3, -0.25) is 0 Å². The third kappa shape index (κ3) is 1.87. The Morgan fingerprint density at radius 1 is 0.824 bits per heavy atom. The minimum atomic E-state index is -0.375. The first-order valence-corrected chi connectivity index (χ1v) is 5.97. The van der Waals surface area contributed by atoms with Crippen molar-refractivity contribution in [2.45, 2.75) is 0 Å². The highest BCUT2D eigenvalue weighted by Crippen LogP contribution is 2.32. The molecule has 0 N–H and O–H groups in total. The summed E-state index contributed by atoms with van der Waals surface area (Å²) in [5.74, 6) is 0. The molecule has 82 valence electrons. The van der Waals surface area contributed by atoms with Crippen molar-refractivity contribution in [3.05, 3.63) is 71.1 Å². The maximum Gasteiger partial charge on any atom is 0.0629 e. The highest BCUT2D eigenvalue weighted by atomic mass is 79.9. The zero-order valence-electron chi connectivity index (χ0n) is 13.8. The lowest BCUT2D eigenvalue weighted by molar-refractivity contribution is 1.64. The van der Waals surface area contributed by atoms with Crippen LogP contribution in [-0.2, 0) is 0 Å². The molecule has 0 heterocycles. The van der Waals surface area contributed by atoms with Gasteiger partial charge in [-0.2, -0.15) is 0 Å². The van der Waals surface area contributed by atoms with Crippen molar-refractivity contribution in [2.75, 3.05) is 0 Å². The molecule has 0 atom stereocenters. The van der Waals surface area contributed by atoms with Crippen LogP contribution >= 0.6 is 15.9 Å². The lowest BCUT2D eigenvalue weighted by atomic mass is 9.98. The van der Waals surface area contributed by atoms with Crippen molar-refractivity contribution in [3.63, 3.8) is 0 Å². The standard InChI is InChI=1S/C16H11Br/c17-16-11-10-13(12-6-2-1-3-7-12)14-8-4-5-9-15(14)16/h1-11H/i1D,2D,3D,6D,7D. The molecule has 17 heavy (non-hydrogen) atoms. The Morgan fingerprint density at radius 3 is 2.29 bits per heavy atom. The molecule has 1 heteroatoms. The smallest absolute Gasteiger partial charge is 0.0622 e. The summed E-state index contributed by atoms with van der Waals surface area (Å²) in [4.78, 5) is 0. The van der Waals surface area contributed by atoms with Gasteiger partial charge < -0.3 is 0 Å². The molecular weight excluding hydrogens is 272 g/mol. The first-order chi connectivity index (χ1) is 10.4. The minimum Gasteiger partial charge on any atom is -0.0622 e. The molecule has 3 aromatic carbocycles. The van der Waals surface area contributed by atoms with E-state index < -0.39 is 0 Å². The molecule has 0 radical (unpaired) electrons. The van der Waals surface area contributed by atoms with Gasteiger partial charge >= 0.3 is 0 Å². The molecule has 0 fully saturated rings. The Labute approximate surface area is 116 Å². The zero-order valence-corrected chi connectivity index (χ0v) is 10.4. The van der Waals surface area contributed by atoms with Crippen molar-refractivity contribution in [3.8, 4) is 11.1 Å². The zero-order chi connectivity index (χ0) is 16.0. The normalized spacial score (nSPS) is 14.8. The summed E-state index contributed by atoms with van der Waals surface area (Å²) in [5.41, 5.74) is 0.866. The van der Waals surface area contributed by atoms with Gasteiger partial charge in [-0.25, -0.2) is 0 Å². The third-order valence-corrected chi connectivity index (χ3v) is 3.33. The summed E-state index contributed by atoms with van der Waals surface area (Å²) in [6.07, 6.45) is 0. The Hall–Kier alpha value is -1.60. The van der Waals surface area contributed by atoms with Crippen molar-refractivity contribution >= 4 is 26.7 Å². The molecule has 0 aliphatic rings. The van der Waals surface area contributed by atoms with Gasteiger partial charge in [0.1, 0.15) is 0 Å². The van der Waals surface area contributed by atoms with Gasteiger partial charge in [0.05, 0.1) is 6.85 Å². The number of fused-ring (bicyclic) bond motifs is 1. The monoisotopic (exact) mass is 287 g/mol. The molecule has 0 aromatic heterocycles. The van der Waals surface area contributed by atoms with Gasteiger partial charge in [-0.1, -0.05) is 76.5 Å². The van der Waals surface area contributed by atoms with E-state index in [2.05, 4.69) is 15.9 Å². The molecule has 0 aliphatic carbocycles. The van der Waals surface area contributed by atoms with Crippen molar-refractivity contribution in [2.24, 2.45) is 0 Å². The molecule has 0 amide bonds. The van der Waals surface area contributed by atoms with Crippen LogP contribution in [0.5, 0.6) is 0 Å². The van der Waals surface area contributed by atoms with Gasteiger partial charge in [0.25, 0.3) is 0 Å². The van der Waals surface area contributed by atoms with E-state index in [0.717, 1.165) is 15.2 Å². The summed E-state index contributed by atoms with van der Waals surface area (Å²) in [5, 5.41) is 1.78. The van der Waals surface area contributed by atoms with Crippen LogP contribution in [0.25, 0.3) is 21.9 Å². The van der Waals surface area contributed by atoms with Crippen LogP contribution in [0.1, 0.15) is 6.85 Å². The maximum absolute atomic E-state index is 8.12. The Balaban J connectivity index is 2.46. The van der Waals surface area contributed by atoms with Gasteiger partial charge in [-0.15, -0.1) is 0 Å². The van der Waals surface area contributed by atoms with Gasteiger partial charge in [0.15, 0.2) is 0 Å². The number of benzene rings is 3. The molecule has 0 unspecified atom stereocenters. The van der Waals surface area contributed by atoms with Crippen LogP contribution in [-0.4, -0.2) is 0 Å². The fraction of sp³-hybridized carbons (Fsp3) is 0. The van der Waals surface area contributed by atoms with Crippen LogP contribution < -0.4 is 0 Å². The first kappa shape index (κ1) is 6.36. The van der Waals surface area contributed by atoms with Crippen LogP contribution in [0.3, 0.4) is 0 Å². The second-order valence-corrected chi connectivity index (χ2v) is 4.49. The van der Waals surface area contributed by atoms with Gasteiger partial charge in [0, 0.05) is 4.47 Å². The fourth-order valence-corrected chi connectivity index (χ4v) is 2.34. The maximum atomic E-state index is 8.12. The van der Waals surface area contributed by atoms with E-state index >= 15 is 0 Å². The molecule has 0 saturated carbocycles. The Morgan fingerprint density at radius 2 is 1.53 bits per heavy atom. The molecule has 0 aliphatic heterocycles. The van der Waals surface area contributed by atoms with Gasteiger partial charge in [0.2, 0.25) is 0 Å². The van der Waals surface area contributed by atoms with Crippen molar-refractivity contribution in [1.29, 1.82) is 0 Å². The molecule has 3 aromatic rings. The predicted molar refractivity (Wildman–Crippen MR) is 77.1 cm³/mol. The topological polar surface area (TPSA) is 0 Å². The summed E-state index contributed by atoms with van der Waals surface area (Å²) in [6, 6.07) is 9.82. The van der Waals surface area contributed by atoms with E-state index in [1.54, 1.807) is 6.07 Å². The van der Waals surface area contributed by atoms with E-state index in [-0.39, 0.29) is 35.8 Å². The predicted octanol–water partition coefficient (Wildman–Crippen LogP) is 5.27. The summed E-state index contributed by atoms with van der Waals surface area (Å²) >= 11 is 3.48. The highest BCUT2D eigenvalue weighted by molar-refractivity contribution is 9.10. The lowest BCUT2D eigenvalue weighted by Crippen LogP contribution is -1.81. The summed E-state index contributed by atoms with van der Waals surface area (Å²) in [7, 11) is 0. The average Bonchev–Trinajstić information content (AvgIpc) is 2.53. The fourth-order valence-electron chi connectivity index (χ4n) is 1.86. The lowest BCUT2D eigenvalue weighted by Gasteiger charge is -2.08. The van der Waals surface area contributed by atoms with Gasteiger partial charge in [-0.05, 0) is 28.0 Å².